The molecule has 0 saturated heterocycles. The second-order valence-corrected chi connectivity index (χ2v) is 4.27. The number of nitro benzene ring substituents is 1. The molecule has 0 radical (unpaired) electrons. The number of hydrogen-bond acceptors (Lipinski definition) is 6. The van der Waals surface area contributed by atoms with Crippen molar-refractivity contribution in [3.05, 3.63) is 51.7 Å². The Labute approximate surface area is 115 Å². The van der Waals surface area contributed by atoms with Crippen molar-refractivity contribution in [3.8, 4) is 6.07 Å². The summed E-state index contributed by atoms with van der Waals surface area (Å²) in [6.07, 6.45) is 1.61. The molecule has 1 heterocycles. The Morgan fingerprint density at radius 2 is 2.30 bits per heavy atom. The highest BCUT2D eigenvalue weighted by Gasteiger charge is 2.15. The highest BCUT2D eigenvalue weighted by Crippen LogP contribution is 2.25. The van der Waals surface area contributed by atoms with Crippen LogP contribution < -0.4 is 5.32 Å². The second-order valence-electron chi connectivity index (χ2n) is 4.27. The van der Waals surface area contributed by atoms with Gasteiger partial charge in [-0.1, -0.05) is 0 Å². The van der Waals surface area contributed by atoms with Crippen molar-refractivity contribution >= 4 is 11.4 Å². The van der Waals surface area contributed by atoms with Crippen molar-refractivity contribution in [1.29, 1.82) is 5.26 Å². The molecule has 1 atom stereocenters. The number of oxazole rings is 1. The molecule has 7 nitrogen and oxygen atoms in total. The number of nitrogens with zero attached hydrogens (tertiary/aromatic N) is 3. The van der Waals surface area contributed by atoms with Crippen molar-refractivity contribution in [2.45, 2.75) is 19.9 Å². The molecular weight excluding hydrogens is 260 g/mol. The van der Waals surface area contributed by atoms with Crippen LogP contribution in [-0.2, 0) is 0 Å². The van der Waals surface area contributed by atoms with Gasteiger partial charge < -0.3 is 9.73 Å². The Hall–Kier alpha value is -2.88. The fourth-order valence-corrected chi connectivity index (χ4v) is 1.73. The van der Waals surface area contributed by atoms with Gasteiger partial charge >= 0.3 is 0 Å². The zero-order valence-corrected chi connectivity index (χ0v) is 11.0. The standard InChI is InChI=1S/C13H12N4O3/c1-8-7-15-13(20-8)9(2)16-12-4-3-11(17(18)19)5-10(12)6-14/h3-5,7,9,16H,1-2H3. The van der Waals surface area contributed by atoms with E-state index in [1.807, 2.05) is 13.0 Å². The Balaban J connectivity index is 2.25. The summed E-state index contributed by atoms with van der Waals surface area (Å²) < 4.78 is 5.39. The lowest BCUT2D eigenvalue weighted by Gasteiger charge is -2.12. The summed E-state index contributed by atoms with van der Waals surface area (Å²) in [6, 6.07) is 5.76. The lowest BCUT2D eigenvalue weighted by atomic mass is 10.1. The predicted octanol–water partition coefficient (Wildman–Crippen LogP) is 2.94. The molecule has 0 fully saturated rings. The van der Waals surface area contributed by atoms with Crippen LogP contribution in [0.15, 0.2) is 28.8 Å². The van der Waals surface area contributed by atoms with Crippen molar-refractivity contribution in [1.82, 2.24) is 4.98 Å². The monoisotopic (exact) mass is 272 g/mol. The van der Waals surface area contributed by atoms with Gasteiger partial charge in [-0.15, -0.1) is 0 Å². The molecule has 2 aromatic rings. The number of non-ortho nitro benzene ring substituents is 1. The molecule has 0 bridgehead atoms. The highest BCUT2D eigenvalue weighted by atomic mass is 16.6. The molecular formula is C13H12N4O3. The van der Waals surface area contributed by atoms with E-state index in [0.717, 1.165) is 0 Å². The van der Waals surface area contributed by atoms with E-state index in [9.17, 15) is 10.1 Å². The van der Waals surface area contributed by atoms with Gasteiger partial charge in [0.15, 0.2) is 0 Å². The van der Waals surface area contributed by atoms with Gasteiger partial charge in [0, 0.05) is 12.1 Å². The van der Waals surface area contributed by atoms with Gasteiger partial charge in [0.05, 0.1) is 22.4 Å². The first kappa shape index (κ1) is 13.5. The molecule has 0 aliphatic rings. The third-order valence-electron chi connectivity index (χ3n) is 2.72. The number of aryl methyl sites for hydroxylation is 1. The number of nitro groups is 1. The molecule has 1 aromatic carbocycles. The van der Waals surface area contributed by atoms with Crippen LogP contribution in [0.25, 0.3) is 0 Å². The molecule has 20 heavy (non-hydrogen) atoms. The van der Waals surface area contributed by atoms with Crippen molar-refractivity contribution < 1.29 is 9.34 Å². The molecule has 0 spiro atoms. The van der Waals surface area contributed by atoms with Crippen LogP contribution in [0.3, 0.4) is 0 Å². The topological polar surface area (TPSA) is 105 Å². The molecule has 0 aliphatic carbocycles. The average Bonchev–Trinajstić information content (AvgIpc) is 2.85. The number of hydrogen-bond donors (Lipinski definition) is 1. The molecule has 1 N–H and O–H groups in total. The van der Waals surface area contributed by atoms with Crippen molar-refractivity contribution in [3.63, 3.8) is 0 Å². The lowest BCUT2D eigenvalue weighted by Crippen LogP contribution is -2.08. The summed E-state index contributed by atoms with van der Waals surface area (Å²) in [7, 11) is 0. The second kappa shape index (κ2) is 5.40. The Bertz CT molecular complexity index is 687. The SMILES string of the molecule is Cc1cnc(C(C)Nc2ccc([N+](=O)[O-])cc2C#N)o1. The van der Waals surface area contributed by atoms with E-state index in [4.69, 9.17) is 9.68 Å². The maximum Gasteiger partial charge on any atom is 0.270 e. The van der Waals surface area contributed by atoms with Crippen molar-refractivity contribution in [2.75, 3.05) is 5.32 Å². The van der Waals surface area contributed by atoms with E-state index in [1.54, 1.807) is 13.1 Å². The van der Waals surface area contributed by atoms with Crippen LogP contribution >= 0.6 is 0 Å². The van der Waals surface area contributed by atoms with Gasteiger partial charge in [0.25, 0.3) is 5.69 Å². The Kier molecular flexibility index (Phi) is 3.66. The molecule has 0 amide bonds. The van der Waals surface area contributed by atoms with Gasteiger partial charge in [-0.2, -0.15) is 5.26 Å². The third kappa shape index (κ3) is 2.75. The summed E-state index contributed by atoms with van der Waals surface area (Å²) >= 11 is 0. The molecule has 1 unspecified atom stereocenters. The zero-order valence-electron chi connectivity index (χ0n) is 11.0. The number of anilines is 1. The summed E-state index contributed by atoms with van der Waals surface area (Å²) in [5.74, 6) is 1.18. The molecule has 0 aliphatic heterocycles. The van der Waals surface area contributed by atoms with Crippen LogP contribution in [0.4, 0.5) is 11.4 Å². The van der Waals surface area contributed by atoms with Gasteiger partial charge in [0.1, 0.15) is 17.9 Å². The largest absolute Gasteiger partial charge is 0.444 e. The third-order valence-corrected chi connectivity index (χ3v) is 2.72. The van der Waals surface area contributed by atoms with E-state index < -0.39 is 4.92 Å². The van der Waals surface area contributed by atoms with E-state index in [2.05, 4.69) is 10.3 Å². The Morgan fingerprint density at radius 1 is 1.55 bits per heavy atom. The summed E-state index contributed by atoms with van der Waals surface area (Å²) in [4.78, 5) is 14.2. The smallest absolute Gasteiger partial charge is 0.270 e. The first-order chi connectivity index (χ1) is 9.51. The van der Waals surface area contributed by atoms with E-state index >= 15 is 0 Å². The summed E-state index contributed by atoms with van der Waals surface area (Å²) in [5, 5.41) is 22.8. The number of nitrogens with one attached hydrogen (secondary N) is 1. The first-order valence-electron chi connectivity index (χ1n) is 5.88. The molecule has 102 valence electrons. The maximum atomic E-state index is 10.7. The minimum Gasteiger partial charge on any atom is -0.444 e. The first-order valence-corrected chi connectivity index (χ1v) is 5.88. The van der Waals surface area contributed by atoms with E-state index in [1.165, 1.54) is 18.2 Å². The van der Waals surface area contributed by atoms with Crippen LogP contribution in [0, 0.1) is 28.4 Å². The quantitative estimate of drug-likeness (QED) is 0.677. The molecule has 7 heteroatoms. The van der Waals surface area contributed by atoms with E-state index in [0.29, 0.717) is 17.3 Å². The molecule has 2 rings (SSSR count). The van der Waals surface area contributed by atoms with Gasteiger partial charge in [-0.25, -0.2) is 4.98 Å². The normalized spacial score (nSPS) is 11.7. The maximum absolute atomic E-state index is 10.7. The minimum atomic E-state index is -0.536. The fourth-order valence-electron chi connectivity index (χ4n) is 1.73. The summed E-state index contributed by atoms with van der Waals surface area (Å²) in [5.41, 5.74) is 0.586. The van der Waals surface area contributed by atoms with Crippen LogP contribution in [0.5, 0.6) is 0 Å². The zero-order chi connectivity index (χ0) is 14.7. The molecule has 1 aromatic heterocycles. The van der Waals surface area contributed by atoms with Crippen molar-refractivity contribution in [2.24, 2.45) is 0 Å². The van der Waals surface area contributed by atoms with E-state index in [-0.39, 0.29) is 17.3 Å². The number of rotatable bonds is 4. The average molecular weight is 272 g/mol. The number of nitriles is 1. The van der Waals surface area contributed by atoms with Crippen LogP contribution in [0.1, 0.15) is 30.2 Å². The Morgan fingerprint density at radius 3 is 2.85 bits per heavy atom. The van der Waals surface area contributed by atoms with Crippen LogP contribution in [-0.4, -0.2) is 9.91 Å². The van der Waals surface area contributed by atoms with Gasteiger partial charge in [-0.3, -0.25) is 10.1 Å². The molecule has 0 saturated carbocycles. The van der Waals surface area contributed by atoms with Crippen LogP contribution in [0.2, 0.25) is 0 Å². The van der Waals surface area contributed by atoms with Gasteiger partial charge in [0.2, 0.25) is 5.89 Å². The fraction of sp³-hybridized carbons (Fsp3) is 0.231. The summed E-state index contributed by atoms with van der Waals surface area (Å²) in [6.45, 7) is 3.61. The van der Waals surface area contributed by atoms with Gasteiger partial charge in [-0.05, 0) is 19.9 Å². The minimum absolute atomic E-state index is 0.119. The number of benzene rings is 1. The predicted molar refractivity (Wildman–Crippen MR) is 71.1 cm³/mol. The lowest BCUT2D eigenvalue weighted by molar-refractivity contribution is -0.384. The number of aromatic nitrogens is 1. The highest BCUT2D eigenvalue weighted by molar-refractivity contribution is 5.61.